The van der Waals surface area contributed by atoms with E-state index in [0.717, 1.165) is 48.8 Å². The van der Waals surface area contributed by atoms with Crippen LogP contribution in [0.4, 0.5) is 5.69 Å². The number of nitrogen functional groups attached to an aromatic ring is 1. The van der Waals surface area contributed by atoms with Crippen molar-refractivity contribution in [3.63, 3.8) is 0 Å². The van der Waals surface area contributed by atoms with Crippen molar-refractivity contribution >= 4 is 28.5 Å². The van der Waals surface area contributed by atoms with Gasteiger partial charge in [-0.05, 0) is 25.0 Å². The van der Waals surface area contributed by atoms with Gasteiger partial charge in [-0.1, -0.05) is 6.07 Å². The maximum absolute atomic E-state index is 5.86. The Hall–Kier alpha value is -1.20. The van der Waals surface area contributed by atoms with Gasteiger partial charge >= 0.3 is 0 Å². The van der Waals surface area contributed by atoms with Crippen molar-refractivity contribution in [1.29, 1.82) is 0 Å². The Morgan fingerprint density at radius 3 is 2.94 bits per heavy atom. The topological polar surface area (TPSA) is 61.3 Å². The molecule has 2 N–H and O–H groups in total. The molecule has 1 fully saturated rings. The molecule has 0 atom stereocenters. The fraction of sp³-hybridized carbons (Fsp3) is 0.462. The van der Waals surface area contributed by atoms with Crippen LogP contribution in [0, 0.1) is 0 Å². The zero-order valence-corrected chi connectivity index (χ0v) is 10.9. The average molecular weight is 264 g/mol. The molecular formula is C13H16N2O2S. The number of benzene rings is 1. The van der Waals surface area contributed by atoms with E-state index in [0.29, 0.717) is 10.9 Å². The van der Waals surface area contributed by atoms with E-state index in [9.17, 15) is 0 Å². The van der Waals surface area contributed by atoms with E-state index in [2.05, 4.69) is 4.98 Å². The number of hydrogen-bond acceptors (Lipinski definition) is 5. The molecule has 0 radical (unpaired) electrons. The molecule has 2 aromatic rings. The third-order valence-electron chi connectivity index (χ3n) is 3.11. The smallest absolute Gasteiger partial charge is 0.205 e. The van der Waals surface area contributed by atoms with E-state index in [-0.39, 0.29) is 0 Å². The lowest BCUT2D eigenvalue weighted by Crippen LogP contribution is -2.17. The molecular weight excluding hydrogens is 248 g/mol. The van der Waals surface area contributed by atoms with Gasteiger partial charge in [0.2, 0.25) is 5.89 Å². The molecule has 0 saturated carbocycles. The Morgan fingerprint density at radius 2 is 2.17 bits per heavy atom. The summed E-state index contributed by atoms with van der Waals surface area (Å²) in [6, 6.07) is 5.64. The molecule has 1 saturated heterocycles. The van der Waals surface area contributed by atoms with Gasteiger partial charge in [0.05, 0.1) is 11.4 Å². The first kappa shape index (κ1) is 11.9. The van der Waals surface area contributed by atoms with Gasteiger partial charge in [0.15, 0.2) is 5.58 Å². The number of aromatic nitrogens is 1. The molecule has 0 spiro atoms. The fourth-order valence-electron chi connectivity index (χ4n) is 2.11. The van der Waals surface area contributed by atoms with Crippen molar-refractivity contribution in [2.75, 3.05) is 18.9 Å². The lowest BCUT2D eigenvalue weighted by Gasteiger charge is -2.20. The highest BCUT2D eigenvalue weighted by molar-refractivity contribution is 7.99. The van der Waals surface area contributed by atoms with Gasteiger partial charge in [0.25, 0.3) is 0 Å². The van der Waals surface area contributed by atoms with Crippen LogP contribution in [0.15, 0.2) is 22.6 Å². The first-order valence-corrected chi connectivity index (χ1v) is 7.21. The highest BCUT2D eigenvalue weighted by Gasteiger charge is 2.16. The molecule has 3 rings (SSSR count). The number of nitrogens with zero attached hydrogens (tertiary/aromatic N) is 1. The van der Waals surface area contributed by atoms with Gasteiger partial charge in [-0.25, -0.2) is 4.98 Å². The summed E-state index contributed by atoms with van der Waals surface area (Å²) in [6.07, 6.45) is 2.24. The average Bonchev–Trinajstić information content (AvgIpc) is 2.82. The van der Waals surface area contributed by atoms with Crippen LogP contribution in [0.5, 0.6) is 0 Å². The Balaban J connectivity index is 1.69. The van der Waals surface area contributed by atoms with Gasteiger partial charge in [-0.2, -0.15) is 0 Å². The molecule has 0 amide bonds. The Kier molecular flexibility index (Phi) is 3.43. The van der Waals surface area contributed by atoms with Crippen LogP contribution < -0.4 is 5.73 Å². The molecule has 18 heavy (non-hydrogen) atoms. The highest BCUT2D eigenvalue weighted by Crippen LogP contribution is 2.28. The van der Waals surface area contributed by atoms with Crippen LogP contribution in [0.3, 0.4) is 0 Å². The van der Waals surface area contributed by atoms with Crippen molar-refractivity contribution < 1.29 is 9.15 Å². The number of anilines is 1. The summed E-state index contributed by atoms with van der Waals surface area (Å²) >= 11 is 1.89. The Morgan fingerprint density at radius 1 is 1.33 bits per heavy atom. The Labute approximate surface area is 110 Å². The summed E-state index contributed by atoms with van der Waals surface area (Å²) in [6.45, 7) is 1.75. The quantitative estimate of drug-likeness (QED) is 0.864. The number of hydrogen-bond donors (Lipinski definition) is 1. The van der Waals surface area contributed by atoms with E-state index in [1.807, 2.05) is 30.0 Å². The Bertz CT molecular complexity index is 535. The van der Waals surface area contributed by atoms with Crippen LogP contribution in [-0.4, -0.2) is 23.4 Å². The van der Waals surface area contributed by atoms with Crippen molar-refractivity contribution in [2.24, 2.45) is 0 Å². The van der Waals surface area contributed by atoms with Gasteiger partial charge in [0.1, 0.15) is 5.52 Å². The summed E-state index contributed by atoms with van der Waals surface area (Å²) in [4.78, 5) is 4.45. The lowest BCUT2D eigenvalue weighted by molar-refractivity contribution is 0.1000. The lowest BCUT2D eigenvalue weighted by atomic mass is 10.2. The first-order valence-electron chi connectivity index (χ1n) is 6.16. The largest absolute Gasteiger partial charge is 0.440 e. The molecule has 4 nitrogen and oxygen atoms in total. The monoisotopic (exact) mass is 264 g/mol. The second kappa shape index (κ2) is 5.20. The number of ether oxygens (including phenoxy) is 1. The molecule has 0 bridgehead atoms. The number of para-hydroxylation sites is 1. The predicted octanol–water partition coefficient (Wildman–Crippen LogP) is 2.82. The van der Waals surface area contributed by atoms with E-state index in [1.165, 1.54) is 0 Å². The molecule has 0 aliphatic carbocycles. The molecule has 1 aromatic carbocycles. The predicted molar refractivity (Wildman–Crippen MR) is 73.6 cm³/mol. The molecule has 1 aromatic heterocycles. The summed E-state index contributed by atoms with van der Waals surface area (Å²) in [5.74, 6) is 1.57. The number of rotatable bonds is 3. The SMILES string of the molecule is Nc1cccc2oc(CSC3CCOCC3)nc12. The number of oxazole rings is 1. The van der Waals surface area contributed by atoms with Gasteiger partial charge < -0.3 is 14.9 Å². The third-order valence-corrected chi connectivity index (χ3v) is 4.46. The zero-order chi connectivity index (χ0) is 12.4. The maximum atomic E-state index is 5.86. The van der Waals surface area contributed by atoms with Crippen LogP contribution in [0.2, 0.25) is 0 Å². The van der Waals surface area contributed by atoms with Gasteiger partial charge in [0, 0.05) is 18.5 Å². The molecule has 1 aliphatic heterocycles. The van der Waals surface area contributed by atoms with E-state index >= 15 is 0 Å². The fourth-order valence-corrected chi connectivity index (χ4v) is 3.14. The van der Waals surface area contributed by atoms with Crippen LogP contribution in [0.25, 0.3) is 11.1 Å². The minimum Gasteiger partial charge on any atom is -0.440 e. The van der Waals surface area contributed by atoms with E-state index in [1.54, 1.807) is 0 Å². The first-order chi connectivity index (χ1) is 8.83. The summed E-state index contributed by atoms with van der Waals surface area (Å²) < 4.78 is 11.0. The molecule has 0 unspecified atom stereocenters. The molecule has 1 aliphatic rings. The van der Waals surface area contributed by atoms with Crippen LogP contribution in [0.1, 0.15) is 18.7 Å². The molecule has 96 valence electrons. The minimum atomic E-state index is 0.658. The normalized spacial score (nSPS) is 17.3. The molecule has 5 heteroatoms. The van der Waals surface area contributed by atoms with Crippen LogP contribution >= 0.6 is 11.8 Å². The van der Waals surface area contributed by atoms with Crippen molar-refractivity contribution in [2.45, 2.75) is 23.8 Å². The maximum Gasteiger partial charge on any atom is 0.205 e. The third kappa shape index (κ3) is 2.47. The number of thioether (sulfide) groups is 1. The summed E-state index contributed by atoms with van der Waals surface area (Å²) in [7, 11) is 0. The van der Waals surface area contributed by atoms with Crippen molar-refractivity contribution in [1.82, 2.24) is 4.98 Å². The minimum absolute atomic E-state index is 0.658. The molecule has 2 heterocycles. The van der Waals surface area contributed by atoms with Gasteiger partial charge in [-0.3, -0.25) is 0 Å². The zero-order valence-electron chi connectivity index (χ0n) is 10.1. The van der Waals surface area contributed by atoms with E-state index in [4.69, 9.17) is 14.9 Å². The standard InChI is InChI=1S/C13H16N2O2S/c14-10-2-1-3-11-13(10)15-12(17-11)8-18-9-4-6-16-7-5-9/h1-3,9H,4-8,14H2. The van der Waals surface area contributed by atoms with E-state index < -0.39 is 0 Å². The highest BCUT2D eigenvalue weighted by atomic mass is 32.2. The summed E-state index contributed by atoms with van der Waals surface area (Å²) in [5.41, 5.74) is 8.10. The second-order valence-corrected chi connectivity index (χ2v) is 5.71. The number of nitrogens with two attached hydrogens (primary N) is 1. The van der Waals surface area contributed by atoms with Crippen LogP contribution in [-0.2, 0) is 10.5 Å². The van der Waals surface area contributed by atoms with Gasteiger partial charge in [-0.15, -0.1) is 11.8 Å². The second-order valence-electron chi connectivity index (χ2n) is 4.42. The summed E-state index contributed by atoms with van der Waals surface area (Å²) in [5, 5.41) is 0.658. The van der Waals surface area contributed by atoms with Crippen molar-refractivity contribution in [3.8, 4) is 0 Å². The number of fused-ring (bicyclic) bond motifs is 1. The van der Waals surface area contributed by atoms with Crippen molar-refractivity contribution in [3.05, 3.63) is 24.1 Å².